The van der Waals surface area contributed by atoms with Crippen molar-refractivity contribution in [1.29, 1.82) is 0 Å². The Labute approximate surface area is 43.3 Å². The fraction of sp³-hybridized carbons (Fsp3) is 0. The molecule has 0 aliphatic rings. The van der Waals surface area contributed by atoms with E-state index in [0.717, 1.165) is 0 Å². The van der Waals surface area contributed by atoms with Crippen molar-refractivity contribution in [2.75, 3.05) is 0 Å². The van der Waals surface area contributed by atoms with Gasteiger partial charge in [-0.15, -0.1) is 13.2 Å². The Hall–Kier alpha value is 0.179. The SMILES string of the molecule is C=C.N.N.[Fe]. The maximum atomic E-state index is 3.00. The van der Waals surface area contributed by atoms with Crippen molar-refractivity contribution in [1.82, 2.24) is 12.3 Å². The van der Waals surface area contributed by atoms with E-state index in [4.69, 9.17) is 0 Å². The van der Waals surface area contributed by atoms with E-state index < -0.39 is 0 Å². The van der Waals surface area contributed by atoms with Crippen LogP contribution in [0.1, 0.15) is 0 Å². The minimum Gasteiger partial charge on any atom is -0.344 e. The van der Waals surface area contributed by atoms with Crippen LogP contribution in [0.2, 0.25) is 0 Å². The first-order valence-electron chi connectivity index (χ1n) is 0.500. The first kappa shape index (κ1) is 65.0. The molecule has 0 rings (SSSR count). The first-order valence-corrected chi connectivity index (χ1v) is 0.500. The summed E-state index contributed by atoms with van der Waals surface area (Å²) >= 11 is 0. The zero-order valence-electron chi connectivity index (χ0n) is 3.18. The molecule has 3 heteroatoms. The predicted octanol–water partition coefficient (Wildman–Crippen LogP) is 1.12. The summed E-state index contributed by atoms with van der Waals surface area (Å²) in [5.41, 5.74) is 0. The molecular weight excluding hydrogens is 108 g/mol. The largest absolute Gasteiger partial charge is 0.344 e. The standard InChI is InChI=1S/C2H4.Fe.2H3N/c1-2;;;/h1-2H2;;2*1H3. The molecule has 0 aromatic rings. The Bertz CT molecular complexity index is 7.61. The van der Waals surface area contributed by atoms with Gasteiger partial charge < -0.3 is 12.3 Å². The minimum atomic E-state index is 0. The number of rotatable bonds is 0. The first-order chi connectivity index (χ1) is 1.00. The van der Waals surface area contributed by atoms with Crippen molar-refractivity contribution in [3.63, 3.8) is 0 Å². The van der Waals surface area contributed by atoms with E-state index in [1.165, 1.54) is 0 Å². The molecule has 0 aliphatic carbocycles. The Morgan fingerprint density at radius 2 is 0.800 bits per heavy atom. The average molecular weight is 118 g/mol. The quantitative estimate of drug-likeness (QED) is 0.369. The van der Waals surface area contributed by atoms with Gasteiger partial charge in [-0.25, -0.2) is 0 Å². The van der Waals surface area contributed by atoms with Crippen LogP contribution in [-0.2, 0) is 17.1 Å². The van der Waals surface area contributed by atoms with E-state index in [0.29, 0.717) is 0 Å². The molecule has 2 nitrogen and oxygen atoms in total. The Kier molecular flexibility index (Phi) is 17100. The summed E-state index contributed by atoms with van der Waals surface area (Å²) in [4.78, 5) is 0. The summed E-state index contributed by atoms with van der Waals surface area (Å²) in [7, 11) is 0. The van der Waals surface area contributed by atoms with Gasteiger partial charge in [-0.2, -0.15) is 0 Å². The van der Waals surface area contributed by atoms with Crippen molar-refractivity contribution >= 4 is 0 Å². The zero-order valence-corrected chi connectivity index (χ0v) is 4.29. The summed E-state index contributed by atoms with van der Waals surface area (Å²) in [6.45, 7) is 6.00. The van der Waals surface area contributed by atoms with Crippen molar-refractivity contribution in [3.8, 4) is 0 Å². The summed E-state index contributed by atoms with van der Waals surface area (Å²) in [6.07, 6.45) is 0. The van der Waals surface area contributed by atoms with Crippen LogP contribution < -0.4 is 12.3 Å². The number of hydrogen-bond donors (Lipinski definition) is 2. The van der Waals surface area contributed by atoms with Crippen molar-refractivity contribution in [2.24, 2.45) is 0 Å². The van der Waals surface area contributed by atoms with Gasteiger partial charge in [0.05, 0.1) is 0 Å². The van der Waals surface area contributed by atoms with E-state index in [9.17, 15) is 0 Å². The van der Waals surface area contributed by atoms with Gasteiger partial charge in [-0.3, -0.25) is 0 Å². The summed E-state index contributed by atoms with van der Waals surface area (Å²) < 4.78 is 0. The van der Waals surface area contributed by atoms with E-state index in [2.05, 4.69) is 13.2 Å². The second-order valence-electron chi connectivity index (χ2n) is 0. The van der Waals surface area contributed by atoms with Gasteiger partial charge in [0.25, 0.3) is 0 Å². The molecule has 0 unspecified atom stereocenters. The molecule has 0 saturated heterocycles. The average Bonchev–Trinajstić information content (AvgIpc) is 1.00. The van der Waals surface area contributed by atoms with Crippen molar-refractivity contribution in [2.45, 2.75) is 0 Å². The zero-order chi connectivity index (χ0) is 2.00. The van der Waals surface area contributed by atoms with Crippen LogP contribution in [0.3, 0.4) is 0 Å². The van der Waals surface area contributed by atoms with Crippen LogP contribution in [0, 0.1) is 0 Å². The van der Waals surface area contributed by atoms with Gasteiger partial charge in [-0.1, -0.05) is 0 Å². The van der Waals surface area contributed by atoms with Crippen molar-refractivity contribution in [3.05, 3.63) is 13.2 Å². The molecule has 0 saturated carbocycles. The van der Waals surface area contributed by atoms with Gasteiger partial charge in [0.15, 0.2) is 0 Å². The van der Waals surface area contributed by atoms with Gasteiger partial charge >= 0.3 is 0 Å². The van der Waals surface area contributed by atoms with E-state index in [1.54, 1.807) is 0 Å². The van der Waals surface area contributed by atoms with Gasteiger partial charge in [0.1, 0.15) is 0 Å². The molecule has 0 aromatic carbocycles. The third-order valence-electron chi connectivity index (χ3n) is 0. The van der Waals surface area contributed by atoms with Gasteiger partial charge in [0, 0.05) is 17.1 Å². The molecular formula is C2H10FeN2. The molecule has 6 N–H and O–H groups in total. The summed E-state index contributed by atoms with van der Waals surface area (Å²) in [5, 5.41) is 0. The van der Waals surface area contributed by atoms with Gasteiger partial charge in [0.2, 0.25) is 0 Å². The maximum absolute atomic E-state index is 3.00. The fourth-order valence-electron chi connectivity index (χ4n) is 0. The van der Waals surface area contributed by atoms with Crippen LogP contribution >= 0.6 is 0 Å². The van der Waals surface area contributed by atoms with Gasteiger partial charge in [-0.05, 0) is 0 Å². The molecule has 0 radical (unpaired) electrons. The summed E-state index contributed by atoms with van der Waals surface area (Å²) in [5.74, 6) is 0. The third kappa shape index (κ3) is 616. The molecule has 5 heavy (non-hydrogen) atoms. The topological polar surface area (TPSA) is 70.0 Å². The molecule has 0 fully saturated rings. The van der Waals surface area contributed by atoms with Crippen LogP contribution in [-0.4, -0.2) is 0 Å². The molecule has 0 atom stereocenters. The molecule has 0 heterocycles. The molecule has 36 valence electrons. The molecule has 0 bridgehead atoms. The Morgan fingerprint density at radius 3 is 0.800 bits per heavy atom. The predicted molar refractivity (Wildman–Crippen MR) is 21.3 cm³/mol. The molecule has 0 aromatic heterocycles. The monoisotopic (exact) mass is 118 g/mol. The maximum Gasteiger partial charge on any atom is 0 e. The third-order valence-corrected chi connectivity index (χ3v) is 0. The van der Waals surface area contributed by atoms with Crippen LogP contribution in [0.5, 0.6) is 0 Å². The second kappa shape index (κ2) is 1310. The van der Waals surface area contributed by atoms with E-state index >= 15 is 0 Å². The normalized spacial score (nSPS) is 0.800. The summed E-state index contributed by atoms with van der Waals surface area (Å²) in [6, 6.07) is 0. The molecule has 0 amide bonds. The molecule has 0 spiro atoms. The van der Waals surface area contributed by atoms with E-state index in [-0.39, 0.29) is 29.4 Å². The van der Waals surface area contributed by atoms with Crippen LogP contribution in [0.15, 0.2) is 13.2 Å². The Morgan fingerprint density at radius 1 is 0.800 bits per heavy atom. The smallest absolute Gasteiger partial charge is 0 e. The minimum absolute atomic E-state index is 0. The van der Waals surface area contributed by atoms with Crippen LogP contribution in [0.4, 0.5) is 0 Å². The Balaban J connectivity index is -0.00000000167. The van der Waals surface area contributed by atoms with Crippen molar-refractivity contribution < 1.29 is 17.1 Å². The number of hydrogen-bond acceptors (Lipinski definition) is 2. The van der Waals surface area contributed by atoms with Crippen LogP contribution in [0.25, 0.3) is 0 Å². The fourth-order valence-corrected chi connectivity index (χ4v) is 0. The van der Waals surface area contributed by atoms with E-state index in [1.807, 2.05) is 0 Å². The molecule has 0 aliphatic heterocycles. The second-order valence-corrected chi connectivity index (χ2v) is 0.